The normalized spacial score (nSPS) is 27.8. The molecular weight excluding hydrogens is 110 g/mol. The molecule has 0 atom stereocenters. The largest absolute Gasteiger partial charge is 0.369 e. The van der Waals surface area contributed by atoms with Crippen LogP contribution in [-0.2, 0) is 4.74 Å². The summed E-state index contributed by atoms with van der Waals surface area (Å²) < 4.78 is 4.87. The maximum Gasteiger partial charge on any atom is 0.165 e. The van der Waals surface area contributed by atoms with Crippen LogP contribution in [0.1, 0.15) is 0 Å². The minimum absolute atomic E-state index is 0.278. The number of rotatable bonds is 0. The van der Waals surface area contributed by atoms with Crippen molar-refractivity contribution in [2.24, 2.45) is 0 Å². The molecule has 4 heteroatoms. The van der Waals surface area contributed by atoms with Crippen LogP contribution in [0.5, 0.6) is 0 Å². The first-order valence-electron chi connectivity index (χ1n) is 2.61. The maximum absolute atomic E-state index is 8.79. The van der Waals surface area contributed by atoms with E-state index in [-0.39, 0.29) is 13.1 Å². The number of hydrogen-bond donors (Lipinski definition) is 2. The minimum atomic E-state index is -0.875. The number of hydrogen-bond acceptors (Lipinski definition) is 3. The van der Waals surface area contributed by atoms with Crippen LogP contribution in [0.2, 0.25) is 0 Å². The van der Waals surface area contributed by atoms with E-state index in [0.29, 0.717) is 13.2 Å². The second-order valence-corrected chi connectivity index (χ2v) is 1.94. The summed E-state index contributed by atoms with van der Waals surface area (Å²) in [6.07, 6.45) is 0. The molecule has 0 aliphatic carbocycles. The van der Waals surface area contributed by atoms with Gasteiger partial charge < -0.3 is 4.74 Å². The van der Waals surface area contributed by atoms with Gasteiger partial charge in [0.05, 0.1) is 0 Å². The zero-order chi connectivity index (χ0) is 6.04. The van der Waals surface area contributed by atoms with Crippen molar-refractivity contribution < 1.29 is 20.0 Å². The van der Waals surface area contributed by atoms with Crippen molar-refractivity contribution >= 4 is 0 Å². The van der Waals surface area contributed by atoms with Gasteiger partial charge in [0.2, 0.25) is 0 Å². The molecule has 0 saturated carbocycles. The molecule has 1 aliphatic heterocycles. The lowest BCUT2D eigenvalue weighted by atomic mass is 10.5. The first kappa shape index (κ1) is 5.97. The van der Waals surface area contributed by atoms with Crippen molar-refractivity contribution in [1.82, 2.24) is 0 Å². The lowest BCUT2D eigenvalue weighted by Gasteiger charge is -2.24. The molecule has 1 heterocycles. The number of ether oxygens (including phenoxy) is 1. The molecule has 0 aromatic carbocycles. The summed E-state index contributed by atoms with van der Waals surface area (Å²) in [5.74, 6) is 0. The minimum Gasteiger partial charge on any atom is -0.369 e. The van der Waals surface area contributed by atoms with E-state index in [2.05, 4.69) is 0 Å². The first-order valence-corrected chi connectivity index (χ1v) is 2.61. The monoisotopic (exact) mass is 120 g/mol. The molecule has 0 unspecified atom stereocenters. The summed E-state index contributed by atoms with van der Waals surface area (Å²) in [4.78, 5) is -0.875. The Labute approximate surface area is 47.4 Å². The van der Waals surface area contributed by atoms with Crippen molar-refractivity contribution in [1.29, 1.82) is 0 Å². The van der Waals surface area contributed by atoms with E-state index in [1.807, 2.05) is 0 Å². The van der Waals surface area contributed by atoms with Gasteiger partial charge in [-0.25, -0.2) is 0 Å². The van der Waals surface area contributed by atoms with E-state index in [4.69, 9.17) is 15.2 Å². The third kappa shape index (κ3) is 1.41. The average Bonchev–Trinajstić information content (AvgIpc) is 1.65. The summed E-state index contributed by atoms with van der Waals surface area (Å²) in [5.41, 5.74) is 0. The number of morpholine rings is 1. The Morgan fingerprint density at radius 3 is 1.88 bits per heavy atom. The smallest absolute Gasteiger partial charge is 0.165 e. The van der Waals surface area contributed by atoms with E-state index in [1.54, 1.807) is 0 Å². The zero-order valence-corrected chi connectivity index (χ0v) is 4.58. The Bertz CT molecular complexity index is 75.4. The fraction of sp³-hybridized carbons (Fsp3) is 1.00. The highest BCUT2D eigenvalue weighted by atomic mass is 16.8. The highest BCUT2D eigenvalue weighted by Crippen LogP contribution is 1.99. The molecule has 8 heavy (non-hydrogen) atoms. The summed E-state index contributed by atoms with van der Waals surface area (Å²) in [6.45, 7) is 1.43. The summed E-state index contributed by atoms with van der Waals surface area (Å²) >= 11 is 0. The molecule has 4 nitrogen and oxygen atoms in total. The first-order chi connectivity index (χ1) is 3.71. The van der Waals surface area contributed by atoms with Crippen molar-refractivity contribution in [3.63, 3.8) is 0 Å². The van der Waals surface area contributed by atoms with Crippen LogP contribution in [0.15, 0.2) is 0 Å². The standard InChI is InChI=1S/C4H10NO3/c6-5(7)1-3-8-4-2-5/h6-7H,1-4H2/q+1. The summed E-state index contributed by atoms with van der Waals surface area (Å²) in [5, 5.41) is 17.6. The molecule has 0 aromatic rings. The third-order valence-electron chi connectivity index (χ3n) is 1.19. The lowest BCUT2D eigenvalue weighted by molar-refractivity contribution is -1.25. The summed E-state index contributed by atoms with van der Waals surface area (Å²) in [6, 6.07) is 0. The van der Waals surface area contributed by atoms with Crippen LogP contribution in [0.4, 0.5) is 0 Å². The topological polar surface area (TPSA) is 49.7 Å². The number of quaternary nitrogens is 1. The third-order valence-corrected chi connectivity index (χ3v) is 1.19. The SMILES string of the molecule is O[N+]1(O)CCOCC1. The predicted molar refractivity (Wildman–Crippen MR) is 24.4 cm³/mol. The highest BCUT2D eigenvalue weighted by molar-refractivity contribution is 4.35. The zero-order valence-electron chi connectivity index (χ0n) is 4.58. The number of nitrogens with zero attached hydrogens (tertiary/aromatic N) is 1. The Hall–Kier alpha value is -0.160. The van der Waals surface area contributed by atoms with Gasteiger partial charge in [-0.05, 0) is 4.81 Å². The van der Waals surface area contributed by atoms with Gasteiger partial charge >= 0.3 is 0 Å². The van der Waals surface area contributed by atoms with Gasteiger partial charge in [-0.3, -0.25) is 0 Å². The Balaban J connectivity index is 2.33. The van der Waals surface area contributed by atoms with Gasteiger partial charge in [0.15, 0.2) is 13.1 Å². The average molecular weight is 120 g/mol. The molecule has 1 aliphatic rings. The van der Waals surface area contributed by atoms with E-state index >= 15 is 0 Å². The molecular formula is C4H10NO3+. The van der Waals surface area contributed by atoms with E-state index in [1.165, 1.54) is 0 Å². The van der Waals surface area contributed by atoms with E-state index in [0.717, 1.165) is 0 Å². The van der Waals surface area contributed by atoms with Crippen molar-refractivity contribution in [3.8, 4) is 0 Å². The molecule has 0 aromatic heterocycles. The van der Waals surface area contributed by atoms with Gasteiger partial charge in [-0.1, -0.05) is 0 Å². The second kappa shape index (κ2) is 1.99. The molecule has 1 rings (SSSR count). The quantitative estimate of drug-likeness (QED) is 0.428. The molecule has 0 spiro atoms. The maximum atomic E-state index is 8.79. The van der Waals surface area contributed by atoms with Crippen LogP contribution in [-0.4, -0.2) is 41.5 Å². The lowest BCUT2D eigenvalue weighted by Crippen LogP contribution is -2.49. The van der Waals surface area contributed by atoms with Gasteiger partial charge in [0, 0.05) is 0 Å². The fourth-order valence-electron chi connectivity index (χ4n) is 0.635. The van der Waals surface area contributed by atoms with Crippen molar-refractivity contribution in [2.75, 3.05) is 26.3 Å². The Morgan fingerprint density at radius 1 is 1.12 bits per heavy atom. The molecule has 1 fully saturated rings. The molecule has 2 N–H and O–H groups in total. The van der Waals surface area contributed by atoms with E-state index in [9.17, 15) is 0 Å². The van der Waals surface area contributed by atoms with Crippen LogP contribution in [0.3, 0.4) is 0 Å². The van der Waals surface area contributed by atoms with Gasteiger partial charge in [-0.2, -0.15) is 10.4 Å². The Morgan fingerprint density at radius 2 is 1.62 bits per heavy atom. The highest BCUT2D eigenvalue weighted by Gasteiger charge is 2.25. The van der Waals surface area contributed by atoms with Crippen LogP contribution < -0.4 is 0 Å². The van der Waals surface area contributed by atoms with Crippen LogP contribution >= 0.6 is 0 Å². The number of hydroxylamine groups is 4. The van der Waals surface area contributed by atoms with Gasteiger partial charge in [0.1, 0.15) is 13.2 Å². The Kier molecular flexibility index (Phi) is 1.48. The predicted octanol–water partition coefficient (Wildman–Crippen LogP) is -0.388. The molecule has 0 bridgehead atoms. The fourth-order valence-corrected chi connectivity index (χ4v) is 0.635. The van der Waals surface area contributed by atoms with Gasteiger partial charge in [-0.15, -0.1) is 0 Å². The molecule has 0 radical (unpaired) electrons. The van der Waals surface area contributed by atoms with Gasteiger partial charge in [0.25, 0.3) is 0 Å². The van der Waals surface area contributed by atoms with Crippen LogP contribution in [0, 0.1) is 0 Å². The molecule has 48 valence electrons. The van der Waals surface area contributed by atoms with Crippen molar-refractivity contribution in [2.45, 2.75) is 0 Å². The molecule has 0 amide bonds. The summed E-state index contributed by atoms with van der Waals surface area (Å²) in [7, 11) is 0. The van der Waals surface area contributed by atoms with Crippen molar-refractivity contribution in [3.05, 3.63) is 0 Å². The van der Waals surface area contributed by atoms with E-state index < -0.39 is 4.81 Å². The molecule has 1 saturated heterocycles. The second-order valence-electron chi connectivity index (χ2n) is 1.94. The van der Waals surface area contributed by atoms with Crippen LogP contribution in [0.25, 0.3) is 0 Å².